The Balaban J connectivity index is 1.47. The molecule has 0 spiro atoms. The molecule has 8 heteroatoms. The number of aromatic nitrogens is 1. The van der Waals surface area contributed by atoms with Crippen LogP contribution in [-0.4, -0.2) is 36.9 Å². The Morgan fingerprint density at radius 3 is 2.72 bits per heavy atom. The summed E-state index contributed by atoms with van der Waals surface area (Å²) in [6.07, 6.45) is 2.46. The van der Waals surface area contributed by atoms with E-state index in [4.69, 9.17) is 11.6 Å². The van der Waals surface area contributed by atoms with Crippen molar-refractivity contribution in [2.75, 3.05) is 18.4 Å². The lowest BCUT2D eigenvalue weighted by molar-refractivity contribution is 0.315. The molecule has 5 nitrogen and oxygen atoms in total. The van der Waals surface area contributed by atoms with Gasteiger partial charge in [0.25, 0.3) is 0 Å². The minimum Gasteiger partial charge on any atom is -0.377 e. The summed E-state index contributed by atoms with van der Waals surface area (Å²) in [5, 5.41) is 5.57. The molecule has 1 fully saturated rings. The Morgan fingerprint density at radius 1 is 1.24 bits per heavy atom. The summed E-state index contributed by atoms with van der Waals surface area (Å²) in [7, 11) is -3.63. The number of nitrogens with one attached hydrogen (secondary N) is 1. The molecule has 0 bridgehead atoms. The van der Waals surface area contributed by atoms with Crippen molar-refractivity contribution in [2.45, 2.75) is 34.7 Å². The average Bonchev–Trinajstić information content (AvgIpc) is 3.35. The van der Waals surface area contributed by atoms with Crippen molar-refractivity contribution < 1.29 is 8.42 Å². The van der Waals surface area contributed by atoms with Crippen LogP contribution >= 0.6 is 22.9 Å². The first-order chi connectivity index (χ1) is 13.9. The summed E-state index contributed by atoms with van der Waals surface area (Å²) in [5.74, 6) is 0. The number of likely N-dealkylation sites (tertiary alicyclic amines) is 1. The third-order valence-corrected chi connectivity index (χ3v) is 8.39. The highest BCUT2D eigenvalue weighted by molar-refractivity contribution is 7.93. The van der Waals surface area contributed by atoms with E-state index in [-0.39, 0.29) is 14.8 Å². The summed E-state index contributed by atoms with van der Waals surface area (Å²) in [6, 6.07) is 15.3. The molecular formula is C21H22ClN3O2S2. The third kappa shape index (κ3) is 4.48. The fourth-order valence-electron chi connectivity index (χ4n) is 3.67. The van der Waals surface area contributed by atoms with Crippen LogP contribution in [0.25, 0.3) is 0 Å². The molecule has 1 saturated heterocycles. The van der Waals surface area contributed by atoms with Gasteiger partial charge in [-0.1, -0.05) is 41.9 Å². The highest BCUT2D eigenvalue weighted by Crippen LogP contribution is 2.33. The predicted molar refractivity (Wildman–Crippen MR) is 117 cm³/mol. The van der Waals surface area contributed by atoms with Crippen LogP contribution in [0.2, 0.25) is 5.02 Å². The molecule has 1 aliphatic heterocycles. The molecule has 0 unspecified atom stereocenters. The fourth-order valence-corrected chi connectivity index (χ4v) is 6.20. The molecule has 1 atom stereocenters. The summed E-state index contributed by atoms with van der Waals surface area (Å²) < 4.78 is 25.4. The summed E-state index contributed by atoms with van der Waals surface area (Å²) in [5.41, 5.74) is 1.91. The van der Waals surface area contributed by atoms with Crippen molar-refractivity contribution in [1.82, 2.24) is 9.88 Å². The van der Waals surface area contributed by atoms with Gasteiger partial charge < -0.3 is 5.32 Å². The molecular weight excluding hydrogens is 426 g/mol. The minimum absolute atomic E-state index is 0.0774. The Labute approximate surface area is 180 Å². The van der Waals surface area contributed by atoms with Crippen molar-refractivity contribution in [3.8, 4) is 0 Å². The molecule has 3 aromatic rings. The van der Waals surface area contributed by atoms with Gasteiger partial charge in [-0.25, -0.2) is 13.4 Å². The number of benzene rings is 2. The second-order valence-electron chi connectivity index (χ2n) is 7.58. The minimum atomic E-state index is -3.63. The molecule has 4 rings (SSSR count). The van der Waals surface area contributed by atoms with Gasteiger partial charge in [-0.15, -0.1) is 11.3 Å². The molecule has 2 heterocycles. The molecule has 0 amide bonds. The quantitative estimate of drug-likeness (QED) is 0.593. The van der Waals surface area contributed by atoms with Crippen LogP contribution in [0.5, 0.6) is 0 Å². The van der Waals surface area contributed by atoms with E-state index < -0.39 is 9.84 Å². The van der Waals surface area contributed by atoms with Gasteiger partial charge in [-0.3, -0.25) is 4.90 Å². The van der Waals surface area contributed by atoms with Gasteiger partial charge in [0.2, 0.25) is 14.2 Å². The Morgan fingerprint density at radius 2 is 2.03 bits per heavy atom. The molecule has 1 aliphatic rings. The number of rotatable bonds is 6. The van der Waals surface area contributed by atoms with E-state index in [1.807, 2.05) is 6.07 Å². The van der Waals surface area contributed by atoms with Gasteiger partial charge in [-0.2, -0.15) is 0 Å². The molecule has 1 aromatic heterocycles. The first-order valence-corrected chi connectivity index (χ1v) is 12.1. The van der Waals surface area contributed by atoms with Crippen LogP contribution in [0.4, 0.5) is 5.69 Å². The maximum absolute atomic E-state index is 12.6. The summed E-state index contributed by atoms with van der Waals surface area (Å²) in [6.45, 7) is 4.97. The van der Waals surface area contributed by atoms with Crippen molar-refractivity contribution in [3.05, 3.63) is 70.7 Å². The van der Waals surface area contributed by atoms with Gasteiger partial charge in [-0.05, 0) is 37.1 Å². The number of hydrogen-bond acceptors (Lipinski definition) is 6. The second-order valence-corrected chi connectivity index (χ2v) is 11.0. The maximum atomic E-state index is 12.6. The molecule has 1 N–H and O–H groups in total. The van der Waals surface area contributed by atoms with Crippen molar-refractivity contribution in [2.24, 2.45) is 0 Å². The zero-order chi connectivity index (χ0) is 20.5. The van der Waals surface area contributed by atoms with Crippen LogP contribution in [0.3, 0.4) is 0 Å². The van der Waals surface area contributed by atoms with Crippen LogP contribution in [-0.2, 0) is 16.4 Å². The molecule has 29 heavy (non-hydrogen) atoms. The van der Waals surface area contributed by atoms with Crippen LogP contribution in [0.15, 0.2) is 69.3 Å². The number of thiazole rings is 1. The molecule has 152 valence electrons. The van der Waals surface area contributed by atoms with Crippen LogP contribution in [0.1, 0.15) is 18.9 Å². The third-order valence-electron chi connectivity index (χ3n) is 5.13. The van der Waals surface area contributed by atoms with Gasteiger partial charge in [0.05, 0.1) is 15.6 Å². The topological polar surface area (TPSA) is 62.3 Å². The highest BCUT2D eigenvalue weighted by Gasteiger charge is 2.34. The van der Waals surface area contributed by atoms with Gasteiger partial charge in [0.1, 0.15) is 0 Å². The lowest BCUT2D eigenvalue weighted by Crippen LogP contribution is -2.38. The van der Waals surface area contributed by atoms with Crippen LogP contribution in [0, 0.1) is 0 Å². The number of hydrogen-bond donors (Lipinski definition) is 1. The van der Waals surface area contributed by atoms with Gasteiger partial charge in [0, 0.05) is 36.8 Å². The Kier molecular flexibility index (Phi) is 5.66. The lowest BCUT2D eigenvalue weighted by Gasteiger charge is -2.28. The molecule has 0 saturated carbocycles. The van der Waals surface area contributed by atoms with Crippen molar-refractivity contribution in [3.63, 3.8) is 0 Å². The largest absolute Gasteiger partial charge is 0.377 e. The molecule has 0 aliphatic carbocycles. The van der Waals surface area contributed by atoms with Crippen molar-refractivity contribution in [1.29, 1.82) is 0 Å². The van der Waals surface area contributed by atoms with E-state index >= 15 is 0 Å². The maximum Gasteiger partial charge on any atom is 0.233 e. The normalized spacial score (nSPS) is 20.1. The van der Waals surface area contributed by atoms with E-state index in [1.165, 1.54) is 17.8 Å². The van der Waals surface area contributed by atoms with Gasteiger partial charge >= 0.3 is 0 Å². The first-order valence-electron chi connectivity index (χ1n) is 9.34. The Hall–Kier alpha value is -1.93. The van der Waals surface area contributed by atoms with Crippen LogP contribution < -0.4 is 5.32 Å². The number of sulfone groups is 1. The first kappa shape index (κ1) is 20.3. The Bertz CT molecular complexity index is 1090. The van der Waals surface area contributed by atoms with Crippen molar-refractivity contribution >= 4 is 38.5 Å². The average molecular weight is 448 g/mol. The predicted octanol–water partition coefficient (Wildman–Crippen LogP) is 4.71. The monoisotopic (exact) mass is 447 g/mol. The highest BCUT2D eigenvalue weighted by atomic mass is 35.5. The summed E-state index contributed by atoms with van der Waals surface area (Å²) >= 11 is 7.54. The molecule has 0 radical (unpaired) electrons. The van der Waals surface area contributed by atoms with E-state index in [0.717, 1.165) is 43.1 Å². The number of nitrogens with zero attached hydrogens (tertiary/aromatic N) is 2. The fraction of sp³-hybridized carbons (Fsp3) is 0.286. The SMILES string of the molecule is C[C@@]1(Nc2ccc(S(=O)(=O)c3nccs3)cc2Cl)CCN(Cc2ccccc2)C1. The zero-order valence-corrected chi connectivity index (χ0v) is 18.4. The number of anilines is 1. The van der Waals surface area contributed by atoms with Gasteiger partial charge in [0.15, 0.2) is 0 Å². The van der Waals surface area contributed by atoms with E-state index in [1.54, 1.807) is 17.5 Å². The lowest BCUT2D eigenvalue weighted by atomic mass is 10.0. The standard InChI is InChI=1S/C21H22ClN3O2S2/c1-21(9-11-25(15-21)14-16-5-3-2-4-6-16)24-19-8-7-17(13-18(19)22)29(26,27)20-23-10-12-28-20/h2-8,10,12-13,24H,9,11,14-15H2,1H3/t21-/m1/s1. The van der Waals surface area contributed by atoms with E-state index in [2.05, 4.69) is 46.4 Å². The smallest absolute Gasteiger partial charge is 0.233 e. The summed E-state index contributed by atoms with van der Waals surface area (Å²) in [4.78, 5) is 6.49. The van der Waals surface area contributed by atoms with E-state index in [9.17, 15) is 8.42 Å². The second kappa shape index (κ2) is 8.07. The molecule has 2 aromatic carbocycles. The number of halogens is 1. The van der Waals surface area contributed by atoms with E-state index in [0.29, 0.717) is 5.02 Å². The zero-order valence-electron chi connectivity index (χ0n) is 16.0.